The van der Waals surface area contributed by atoms with Gasteiger partial charge < -0.3 is 5.32 Å². The lowest BCUT2D eigenvalue weighted by Gasteiger charge is -2.03. The number of amides is 1. The monoisotopic (exact) mass is 218 g/mol. The van der Waals surface area contributed by atoms with Crippen molar-refractivity contribution in [1.82, 2.24) is 10.3 Å². The van der Waals surface area contributed by atoms with Crippen LogP contribution in [0.2, 0.25) is 10.2 Å². The molecule has 0 saturated heterocycles. The summed E-state index contributed by atoms with van der Waals surface area (Å²) in [7, 11) is 0. The molecule has 1 heterocycles. The second kappa shape index (κ2) is 4.44. The lowest BCUT2D eigenvalue weighted by molar-refractivity contribution is 0.0955. The molecule has 0 aliphatic carbocycles. The maximum absolute atomic E-state index is 11.3. The highest BCUT2D eigenvalue weighted by atomic mass is 35.5. The van der Waals surface area contributed by atoms with Crippen LogP contribution in [0.5, 0.6) is 0 Å². The molecule has 0 fully saturated rings. The summed E-state index contributed by atoms with van der Waals surface area (Å²) in [6, 6.07) is 1.44. The molecule has 0 spiro atoms. The third-order valence-electron chi connectivity index (χ3n) is 1.40. The minimum absolute atomic E-state index is 0.239. The van der Waals surface area contributed by atoms with E-state index in [0.29, 0.717) is 17.1 Å². The van der Waals surface area contributed by atoms with E-state index in [1.165, 1.54) is 12.3 Å². The van der Waals surface area contributed by atoms with Gasteiger partial charge in [-0.3, -0.25) is 4.79 Å². The van der Waals surface area contributed by atoms with Gasteiger partial charge >= 0.3 is 0 Å². The number of aromatic nitrogens is 1. The molecule has 1 amide bonds. The fourth-order valence-corrected chi connectivity index (χ4v) is 1.28. The van der Waals surface area contributed by atoms with Gasteiger partial charge in [0.05, 0.1) is 10.6 Å². The largest absolute Gasteiger partial charge is 0.352 e. The van der Waals surface area contributed by atoms with Crippen molar-refractivity contribution in [1.29, 1.82) is 0 Å². The van der Waals surface area contributed by atoms with Crippen LogP contribution in [0.4, 0.5) is 0 Å². The van der Waals surface area contributed by atoms with E-state index in [-0.39, 0.29) is 11.1 Å². The van der Waals surface area contributed by atoms with Crippen LogP contribution >= 0.6 is 23.2 Å². The molecule has 5 heteroatoms. The highest BCUT2D eigenvalue weighted by molar-refractivity contribution is 6.36. The molecule has 0 unspecified atom stereocenters. The molecule has 0 atom stereocenters. The van der Waals surface area contributed by atoms with Crippen molar-refractivity contribution in [3.05, 3.63) is 28.0 Å². The number of carbonyl (C=O) groups is 1. The van der Waals surface area contributed by atoms with E-state index in [1.807, 2.05) is 6.92 Å². The van der Waals surface area contributed by atoms with Gasteiger partial charge in [-0.15, -0.1) is 0 Å². The molecule has 3 nitrogen and oxygen atoms in total. The summed E-state index contributed by atoms with van der Waals surface area (Å²) in [5.74, 6) is -0.239. The zero-order valence-corrected chi connectivity index (χ0v) is 8.49. The topological polar surface area (TPSA) is 42.0 Å². The molecule has 1 N–H and O–H groups in total. The molecule has 0 aromatic carbocycles. The average Bonchev–Trinajstić information content (AvgIpc) is 2.04. The molecule has 13 heavy (non-hydrogen) atoms. The predicted octanol–water partition coefficient (Wildman–Crippen LogP) is 2.14. The van der Waals surface area contributed by atoms with Gasteiger partial charge in [0, 0.05) is 12.7 Å². The number of nitrogens with one attached hydrogen (secondary N) is 1. The van der Waals surface area contributed by atoms with Crippen molar-refractivity contribution < 1.29 is 4.79 Å². The zero-order valence-electron chi connectivity index (χ0n) is 6.97. The Morgan fingerprint density at radius 2 is 2.31 bits per heavy atom. The summed E-state index contributed by atoms with van der Waals surface area (Å²) in [6.45, 7) is 2.38. The summed E-state index contributed by atoms with van der Waals surface area (Å²) in [5.41, 5.74) is 0.341. The fraction of sp³-hybridized carbons (Fsp3) is 0.250. The van der Waals surface area contributed by atoms with Crippen LogP contribution in [-0.2, 0) is 0 Å². The first-order chi connectivity index (χ1) is 6.15. The first kappa shape index (κ1) is 10.3. The Morgan fingerprint density at radius 1 is 1.62 bits per heavy atom. The summed E-state index contributed by atoms with van der Waals surface area (Å²) < 4.78 is 0. The fourth-order valence-electron chi connectivity index (χ4n) is 0.830. The van der Waals surface area contributed by atoms with Gasteiger partial charge in [-0.2, -0.15) is 0 Å². The normalized spacial score (nSPS) is 9.77. The molecular weight excluding hydrogens is 211 g/mol. The minimum atomic E-state index is -0.239. The Balaban J connectivity index is 2.95. The van der Waals surface area contributed by atoms with Crippen molar-refractivity contribution in [2.24, 2.45) is 0 Å². The van der Waals surface area contributed by atoms with Crippen molar-refractivity contribution >= 4 is 29.1 Å². The number of hydrogen-bond donors (Lipinski definition) is 1. The summed E-state index contributed by atoms with van der Waals surface area (Å²) in [4.78, 5) is 15.1. The van der Waals surface area contributed by atoms with Gasteiger partial charge in [0.25, 0.3) is 5.91 Å². The average molecular weight is 219 g/mol. The number of hydrogen-bond acceptors (Lipinski definition) is 2. The number of halogens is 2. The van der Waals surface area contributed by atoms with E-state index >= 15 is 0 Å². The lowest BCUT2D eigenvalue weighted by atomic mass is 10.2. The first-order valence-corrected chi connectivity index (χ1v) is 4.50. The van der Waals surface area contributed by atoms with Crippen LogP contribution in [0.25, 0.3) is 0 Å². The Morgan fingerprint density at radius 3 is 2.85 bits per heavy atom. The van der Waals surface area contributed by atoms with E-state index < -0.39 is 0 Å². The van der Waals surface area contributed by atoms with Gasteiger partial charge in [0.2, 0.25) is 0 Å². The Bertz CT molecular complexity index is 328. The van der Waals surface area contributed by atoms with Gasteiger partial charge in [-0.1, -0.05) is 23.2 Å². The number of nitrogens with zero attached hydrogens (tertiary/aromatic N) is 1. The second-order valence-corrected chi connectivity index (χ2v) is 3.14. The summed E-state index contributed by atoms with van der Waals surface area (Å²) in [6.07, 6.45) is 1.36. The highest BCUT2D eigenvalue weighted by Gasteiger charge is 2.09. The molecule has 0 saturated carbocycles. The van der Waals surface area contributed by atoms with Crippen molar-refractivity contribution in [2.75, 3.05) is 6.54 Å². The van der Waals surface area contributed by atoms with Crippen LogP contribution in [0, 0.1) is 0 Å². The van der Waals surface area contributed by atoms with Gasteiger partial charge in [-0.25, -0.2) is 4.98 Å². The SMILES string of the molecule is CCNC(=O)c1cnc(Cl)cc1Cl. The number of carbonyl (C=O) groups excluding carboxylic acids is 1. The Hall–Kier alpha value is -0.800. The van der Waals surface area contributed by atoms with Gasteiger partial charge in [0.15, 0.2) is 0 Å². The predicted molar refractivity (Wildman–Crippen MR) is 52.3 cm³/mol. The molecule has 0 radical (unpaired) electrons. The first-order valence-electron chi connectivity index (χ1n) is 3.74. The lowest BCUT2D eigenvalue weighted by Crippen LogP contribution is -2.23. The van der Waals surface area contributed by atoms with Gasteiger partial charge in [-0.05, 0) is 13.0 Å². The molecule has 1 rings (SSSR count). The molecule has 0 aliphatic heterocycles. The van der Waals surface area contributed by atoms with Crippen LogP contribution in [0.15, 0.2) is 12.3 Å². The van der Waals surface area contributed by atoms with Crippen molar-refractivity contribution in [2.45, 2.75) is 6.92 Å². The van der Waals surface area contributed by atoms with E-state index in [2.05, 4.69) is 10.3 Å². The van der Waals surface area contributed by atoms with Crippen LogP contribution in [0.1, 0.15) is 17.3 Å². The van der Waals surface area contributed by atoms with Crippen molar-refractivity contribution in [3.8, 4) is 0 Å². The van der Waals surface area contributed by atoms with E-state index in [1.54, 1.807) is 0 Å². The molecular formula is C8H8Cl2N2O. The minimum Gasteiger partial charge on any atom is -0.352 e. The molecule has 0 bridgehead atoms. The smallest absolute Gasteiger partial charge is 0.254 e. The Kier molecular flexibility index (Phi) is 3.51. The molecule has 0 aliphatic rings. The summed E-state index contributed by atoms with van der Waals surface area (Å²) in [5, 5.41) is 3.20. The van der Waals surface area contributed by atoms with Crippen LogP contribution in [0.3, 0.4) is 0 Å². The Labute approximate surface area is 86.1 Å². The third-order valence-corrected chi connectivity index (χ3v) is 1.92. The van der Waals surface area contributed by atoms with Crippen LogP contribution in [-0.4, -0.2) is 17.4 Å². The second-order valence-electron chi connectivity index (χ2n) is 2.35. The van der Waals surface area contributed by atoms with E-state index in [4.69, 9.17) is 23.2 Å². The maximum Gasteiger partial charge on any atom is 0.254 e. The highest BCUT2D eigenvalue weighted by Crippen LogP contribution is 2.18. The summed E-state index contributed by atoms with van der Waals surface area (Å²) >= 11 is 11.3. The number of pyridine rings is 1. The standard InChI is InChI=1S/C8H8Cl2N2O/c1-2-11-8(13)5-4-12-7(10)3-6(5)9/h3-4H,2H2,1H3,(H,11,13). The quantitative estimate of drug-likeness (QED) is 0.774. The molecule has 1 aromatic heterocycles. The van der Waals surface area contributed by atoms with Gasteiger partial charge in [0.1, 0.15) is 5.15 Å². The number of rotatable bonds is 2. The maximum atomic E-state index is 11.3. The zero-order chi connectivity index (χ0) is 9.84. The van der Waals surface area contributed by atoms with Crippen molar-refractivity contribution in [3.63, 3.8) is 0 Å². The van der Waals surface area contributed by atoms with E-state index in [9.17, 15) is 4.79 Å². The van der Waals surface area contributed by atoms with Crippen LogP contribution < -0.4 is 5.32 Å². The third kappa shape index (κ3) is 2.57. The van der Waals surface area contributed by atoms with E-state index in [0.717, 1.165) is 0 Å². The molecule has 70 valence electrons. The molecule has 1 aromatic rings.